The summed E-state index contributed by atoms with van der Waals surface area (Å²) in [4.78, 5) is 11.2. The molecule has 1 aromatic carbocycles. The average molecular weight is 297 g/mol. The monoisotopic (exact) mass is 296 g/mol. The van der Waals surface area contributed by atoms with E-state index < -0.39 is 0 Å². The highest BCUT2D eigenvalue weighted by Crippen LogP contribution is 2.32. The van der Waals surface area contributed by atoms with Gasteiger partial charge in [0.15, 0.2) is 0 Å². The van der Waals surface area contributed by atoms with Gasteiger partial charge in [0.1, 0.15) is 11.9 Å². The number of nitrogens with one attached hydrogen (secondary N) is 1. The zero-order valence-electron chi connectivity index (χ0n) is 10.4. The van der Waals surface area contributed by atoms with Gasteiger partial charge in [-0.15, -0.1) is 0 Å². The second kappa shape index (κ2) is 4.98. The van der Waals surface area contributed by atoms with Crippen LogP contribution in [0.1, 0.15) is 13.3 Å². The molecule has 19 heavy (non-hydrogen) atoms. The molecule has 0 spiro atoms. The van der Waals surface area contributed by atoms with Crippen molar-refractivity contribution in [3.05, 3.63) is 22.5 Å². The van der Waals surface area contributed by atoms with Crippen molar-refractivity contribution in [2.45, 2.75) is 19.4 Å². The van der Waals surface area contributed by atoms with E-state index >= 15 is 0 Å². The molecule has 2 atom stereocenters. The lowest BCUT2D eigenvalue weighted by atomic mass is 10.0. The van der Waals surface area contributed by atoms with Gasteiger partial charge in [-0.05, 0) is 30.6 Å². The maximum atomic E-state index is 11.2. The first-order valence-electron chi connectivity index (χ1n) is 6.10. The van der Waals surface area contributed by atoms with Gasteiger partial charge in [-0.25, -0.2) is 0 Å². The van der Waals surface area contributed by atoms with Crippen LogP contribution < -0.4 is 10.1 Å². The van der Waals surface area contributed by atoms with Crippen molar-refractivity contribution in [2.75, 3.05) is 6.54 Å². The number of fused-ring (bicyclic) bond motifs is 1. The Morgan fingerprint density at radius 2 is 2.42 bits per heavy atom. The number of carbonyl (C=O) groups is 1. The van der Waals surface area contributed by atoms with Gasteiger partial charge in [-0.1, -0.05) is 11.6 Å². The second-order valence-corrected chi connectivity index (χ2v) is 5.81. The van der Waals surface area contributed by atoms with Crippen LogP contribution in [0.2, 0.25) is 5.02 Å². The van der Waals surface area contributed by atoms with Crippen molar-refractivity contribution in [3.63, 3.8) is 0 Å². The third-order valence-corrected chi connectivity index (χ3v) is 4.25. The predicted molar refractivity (Wildman–Crippen MR) is 75.8 cm³/mol. The molecular weight excluding hydrogens is 284 g/mol. The minimum atomic E-state index is -0.0412. The molecule has 0 bridgehead atoms. The summed E-state index contributed by atoms with van der Waals surface area (Å²) in [6.07, 6.45) is 0.479. The van der Waals surface area contributed by atoms with Crippen molar-refractivity contribution in [3.8, 4) is 5.75 Å². The highest BCUT2D eigenvalue weighted by atomic mass is 35.5. The molecule has 3 rings (SSSR count). The fourth-order valence-corrected chi connectivity index (χ4v) is 3.12. The maximum Gasteiger partial charge on any atom is 0.220 e. The summed E-state index contributed by atoms with van der Waals surface area (Å²) in [6, 6.07) is 3.63. The molecule has 2 aromatic rings. The molecule has 1 N–H and O–H groups in total. The smallest absolute Gasteiger partial charge is 0.220 e. The standard InChI is InChI=1S/C13H13ClN2O2S/c1-7(8-2-13(17)15-5-8)18-12-4-9(14)3-11-10(12)6-19-16-11/h3-4,6-8H,2,5H2,1H3,(H,15,17)/t7-,8-/m1/s1. The minimum Gasteiger partial charge on any atom is -0.490 e. The average Bonchev–Trinajstić information content (AvgIpc) is 2.97. The Morgan fingerprint density at radius 1 is 1.58 bits per heavy atom. The Hall–Kier alpha value is -1.33. The second-order valence-electron chi connectivity index (χ2n) is 4.74. The summed E-state index contributed by atoms with van der Waals surface area (Å²) in [6.45, 7) is 2.66. The number of benzene rings is 1. The van der Waals surface area contributed by atoms with Crippen LogP contribution in [0.25, 0.3) is 10.9 Å². The summed E-state index contributed by atoms with van der Waals surface area (Å²) in [5, 5.41) is 6.36. The number of aromatic nitrogens is 1. The zero-order chi connectivity index (χ0) is 13.4. The summed E-state index contributed by atoms with van der Waals surface area (Å²) < 4.78 is 10.3. The number of hydrogen-bond acceptors (Lipinski definition) is 4. The van der Waals surface area contributed by atoms with E-state index in [1.807, 2.05) is 18.4 Å². The molecule has 1 saturated heterocycles. The number of rotatable bonds is 3. The van der Waals surface area contributed by atoms with Crippen LogP contribution in [0.3, 0.4) is 0 Å². The van der Waals surface area contributed by atoms with Crippen LogP contribution in [-0.2, 0) is 4.79 Å². The van der Waals surface area contributed by atoms with Crippen LogP contribution in [-0.4, -0.2) is 22.9 Å². The third-order valence-electron chi connectivity index (χ3n) is 3.39. The lowest BCUT2D eigenvalue weighted by molar-refractivity contribution is -0.119. The van der Waals surface area contributed by atoms with Crippen molar-refractivity contribution < 1.29 is 9.53 Å². The Kier molecular flexibility index (Phi) is 3.33. The Bertz CT molecular complexity index is 628. The van der Waals surface area contributed by atoms with Gasteiger partial charge < -0.3 is 10.1 Å². The molecule has 0 saturated carbocycles. The van der Waals surface area contributed by atoms with E-state index in [1.165, 1.54) is 11.5 Å². The molecule has 1 aromatic heterocycles. The van der Waals surface area contributed by atoms with Gasteiger partial charge >= 0.3 is 0 Å². The van der Waals surface area contributed by atoms with Gasteiger partial charge in [0.25, 0.3) is 0 Å². The molecule has 100 valence electrons. The third kappa shape index (κ3) is 2.53. The molecule has 1 amide bonds. The molecule has 1 aliphatic heterocycles. The van der Waals surface area contributed by atoms with Gasteiger partial charge in [-0.3, -0.25) is 4.79 Å². The number of ether oxygens (including phenoxy) is 1. The van der Waals surface area contributed by atoms with E-state index in [9.17, 15) is 4.79 Å². The van der Waals surface area contributed by atoms with E-state index in [4.69, 9.17) is 16.3 Å². The molecule has 4 nitrogen and oxygen atoms in total. The predicted octanol–water partition coefficient (Wildman–Crippen LogP) is 2.85. The number of amides is 1. The lowest BCUT2D eigenvalue weighted by Gasteiger charge is -2.20. The number of hydrogen-bond donors (Lipinski definition) is 1. The van der Waals surface area contributed by atoms with Crippen LogP contribution in [0.15, 0.2) is 17.5 Å². The van der Waals surface area contributed by atoms with E-state index in [1.54, 1.807) is 6.07 Å². The SMILES string of the molecule is C[C@@H](Oc1cc(Cl)cc2nscc12)[C@H]1CNC(=O)C1. The molecule has 6 heteroatoms. The van der Waals surface area contributed by atoms with Crippen LogP contribution >= 0.6 is 23.1 Å². The van der Waals surface area contributed by atoms with E-state index in [0.29, 0.717) is 18.0 Å². The summed E-state index contributed by atoms with van der Waals surface area (Å²) in [7, 11) is 0. The zero-order valence-corrected chi connectivity index (χ0v) is 11.9. The summed E-state index contributed by atoms with van der Waals surface area (Å²) in [5.74, 6) is 1.03. The van der Waals surface area contributed by atoms with E-state index in [0.717, 1.165) is 16.7 Å². The molecule has 1 aliphatic rings. The van der Waals surface area contributed by atoms with Crippen LogP contribution in [0, 0.1) is 5.92 Å². The molecule has 1 fully saturated rings. The number of nitrogens with zero attached hydrogens (tertiary/aromatic N) is 1. The highest BCUT2D eigenvalue weighted by molar-refractivity contribution is 7.04. The maximum absolute atomic E-state index is 11.2. The fraction of sp³-hybridized carbons (Fsp3) is 0.385. The fourth-order valence-electron chi connectivity index (χ4n) is 2.26. The van der Waals surface area contributed by atoms with Gasteiger partial charge in [0.2, 0.25) is 5.91 Å². The van der Waals surface area contributed by atoms with E-state index in [2.05, 4.69) is 9.69 Å². The Balaban J connectivity index is 1.84. The van der Waals surface area contributed by atoms with E-state index in [-0.39, 0.29) is 17.9 Å². The molecule has 2 heterocycles. The Morgan fingerprint density at radius 3 is 3.16 bits per heavy atom. The highest BCUT2D eigenvalue weighted by Gasteiger charge is 2.28. The summed E-state index contributed by atoms with van der Waals surface area (Å²) >= 11 is 7.45. The van der Waals surface area contributed by atoms with Gasteiger partial charge in [0, 0.05) is 29.3 Å². The minimum absolute atomic E-state index is 0.0412. The molecule has 0 radical (unpaired) electrons. The van der Waals surface area contributed by atoms with Gasteiger partial charge in [0.05, 0.1) is 10.9 Å². The molecule has 0 unspecified atom stereocenters. The largest absolute Gasteiger partial charge is 0.490 e. The van der Waals surface area contributed by atoms with Crippen LogP contribution in [0.5, 0.6) is 5.75 Å². The quantitative estimate of drug-likeness (QED) is 0.947. The number of halogens is 1. The first-order valence-corrected chi connectivity index (χ1v) is 7.32. The molecule has 0 aliphatic carbocycles. The van der Waals surface area contributed by atoms with Crippen LogP contribution in [0.4, 0.5) is 0 Å². The first-order chi connectivity index (χ1) is 9.13. The summed E-state index contributed by atoms with van der Waals surface area (Å²) in [5.41, 5.74) is 0.848. The Labute approximate surface area is 119 Å². The number of carbonyl (C=O) groups excluding carboxylic acids is 1. The normalized spacial score (nSPS) is 20.5. The van der Waals surface area contributed by atoms with Crippen molar-refractivity contribution in [1.82, 2.24) is 9.69 Å². The van der Waals surface area contributed by atoms with Crippen molar-refractivity contribution >= 4 is 39.9 Å². The van der Waals surface area contributed by atoms with Crippen molar-refractivity contribution in [2.24, 2.45) is 5.92 Å². The first kappa shape index (κ1) is 12.7. The van der Waals surface area contributed by atoms with Gasteiger partial charge in [-0.2, -0.15) is 4.37 Å². The van der Waals surface area contributed by atoms with Crippen molar-refractivity contribution in [1.29, 1.82) is 0 Å². The topological polar surface area (TPSA) is 51.2 Å². The lowest BCUT2D eigenvalue weighted by Crippen LogP contribution is -2.25. The molecular formula is C13H13ClN2O2S.